The van der Waals surface area contributed by atoms with Crippen LogP contribution in [0.2, 0.25) is 0 Å². The summed E-state index contributed by atoms with van der Waals surface area (Å²) in [5.74, 6) is 0.242. The first kappa shape index (κ1) is 11.8. The highest BCUT2D eigenvalue weighted by Crippen LogP contribution is 2.23. The molecule has 1 aromatic rings. The zero-order chi connectivity index (χ0) is 11.4. The highest BCUT2D eigenvalue weighted by atomic mass is 32.1. The Morgan fingerprint density at radius 2 is 2.27 bits per heavy atom. The summed E-state index contributed by atoms with van der Waals surface area (Å²) >= 11 is 1.65. The molecule has 0 amide bonds. The first-order chi connectivity index (χ1) is 7.04. The largest absolute Gasteiger partial charge is 0.409 e. The molecule has 0 fully saturated rings. The molecule has 0 atom stereocenters. The summed E-state index contributed by atoms with van der Waals surface area (Å²) in [5.41, 5.74) is 6.45. The van der Waals surface area contributed by atoms with Crippen LogP contribution >= 0.6 is 11.3 Å². The Hall–Kier alpha value is -1.30. The first-order valence-electron chi connectivity index (χ1n) is 4.66. The topological polar surface area (TPSA) is 74.7 Å². The fourth-order valence-electron chi connectivity index (χ4n) is 1.05. The van der Waals surface area contributed by atoms with Crippen LogP contribution in [0.3, 0.4) is 0 Å². The molecule has 1 aromatic heterocycles. The molecule has 15 heavy (non-hydrogen) atoms. The number of aromatic nitrogens is 1. The molecule has 84 valence electrons. The third kappa shape index (κ3) is 3.09. The van der Waals surface area contributed by atoms with Crippen molar-refractivity contribution in [1.29, 1.82) is 0 Å². The Morgan fingerprint density at radius 1 is 1.60 bits per heavy atom. The second kappa shape index (κ2) is 4.97. The third-order valence-corrected chi connectivity index (χ3v) is 3.36. The van der Waals surface area contributed by atoms with Crippen LogP contribution in [0.25, 0.3) is 0 Å². The molecule has 0 saturated carbocycles. The number of hydrogen-bond acceptors (Lipinski definition) is 5. The molecule has 0 radical (unpaired) electrons. The maximum absolute atomic E-state index is 8.40. The van der Waals surface area contributed by atoms with Gasteiger partial charge in [0.2, 0.25) is 0 Å². The zero-order valence-corrected chi connectivity index (χ0v) is 10.0. The van der Waals surface area contributed by atoms with Crippen molar-refractivity contribution in [3.63, 3.8) is 0 Å². The van der Waals surface area contributed by atoms with Crippen LogP contribution in [-0.4, -0.2) is 29.6 Å². The summed E-state index contributed by atoms with van der Waals surface area (Å²) in [7, 11) is 1.95. The fourth-order valence-corrected chi connectivity index (χ4v) is 1.94. The van der Waals surface area contributed by atoms with Crippen LogP contribution in [0.15, 0.2) is 5.16 Å². The Bertz CT molecular complexity index is 341. The SMILES string of the molecule is Cc1nc(N(C)CCC(N)=NO)sc1C. The van der Waals surface area contributed by atoms with Crippen molar-refractivity contribution in [1.82, 2.24) is 4.98 Å². The maximum Gasteiger partial charge on any atom is 0.185 e. The molecular formula is C9H16N4OS. The molecule has 5 nitrogen and oxygen atoms in total. The van der Waals surface area contributed by atoms with E-state index in [4.69, 9.17) is 10.9 Å². The summed E-state index contributed by atoms with van der Waals surface area (Å²) in [6, 6.07) is 0. The van der Waals surface area contributed by atoms with E-state index in [0.717, 1.165) is 10.8 Å². The molecule has 0 saturated heterocycles. The molecule has 1 heterocycles. The standard InChI is InChI=1S/C9H16N4OS/c1-6-7(2)15-9(11-6)13(3)5-4-8(10)12-14/h14H,4-5H2,1-3H3,(H2,10,12). The second-order valence-electron chi connectivity index (χ2n) is 3.40. The van der Waals surface area contributed by atoms with Crippen LogP contribution in [0.4, 0.5) is 5.13 Å². The van der Waals surface area contributed by atoms with Gasteiger partial charge in [-0.2, -0.15) is 0 Å². The predicted molar refractivity (Wildman–Crippen MR) is 62.9 cm³/mol. The molecule has 0 unspecified atom stereocenters. The van der Waals surface area contributed by atoms with E-state index in [1.54, 1.807) is 11.3 Å². The number of anilines is 1. The van der Waals surface area contributed by atoms with Crippen molar-refractivity contribution in [3.8, 4) is 0 Å². The minimum atomic E-state index is 0.242. The molecule has 3 N–H and O–H groups in total. The normalized spacial score (nSPS) is 11.8. The van der Waals surface area contributed by atoms with Gasteiger partial charge in [0.15, 0.2) is 5.13 Å². The number of nitrogens with two attached hydrogens (primary N) is 1. The number of hydrogen-bond donors (Lipinski definition) is 2. The molecule has 0 aliphatic carbocycles. The van der Waals surface area contributed by atoms with E-state index in [9.17, 15) is 0 Å². The van der Waals surface area contributed by atoms with Gasteiger partial charge in [0.05, 0.1) is 5.69 Å². The summed E-state index contributed by atoms with van der Waals surface area (Å²) in [4.78, 5) is 7.64. The van der Waals surface area contributed by atoms with Crippen molar-refractivity contribution < 1.29 is 5.21 Å². The molecular weight excluding hydrogens is 212 g/mol. The molecule has 0 spiro atoms. The van der Waals surface area contributed by atoms with Crippen molar-refractivity contribution in [2.45, 2.75) is 20.3 Å². The number of oxime groups is 1. The van der Waals surface area contributed by atoms with Gasteiger partial charge in [-0.05, 0) is 13.8 Å². The quantitative estimate of drug-likeness (QED) is 0.353. The number of amidine groups is 1. The van der Waals surface area contributed by atoms with E-state index in [0.29, 0.717) is 13.0 Å². The van der Waals surface area contributed by atoms with Crippen LogP contribution in [-0.2, 0) is 0 Å². The Balaban J connectivity index is 2.57. The summed E-state index contributed by atoms with van der Waals surface area (Å²) < 4.78 is 0. The van der Waals surface area contributed by atoms with Gasteiger partial charge in [-0.15, -0.1) is 11.3 Å². The average molecular weight is 228 g/mol. The summed E-state index contributed by atoms with van der Waals surface area (Å²) in [5, 5.41) is 12.3. The minimum absolute atomic E-state index is 0.242. The monoisotopic (exact) mass is 228 g/mol. The lowest BCUT2D eigenvalue weighted by molar-refractivity contribution is 0.317. The van der Waals surface area contributed by atoms with Crippen LogP contribution in [0.5, 0.6) is 0 Å². The van der Waals surface area contributed by atoms with Gasteiger partial charge in [-0.25, -0.2) is 4.98 Å². The van der Waals surface area contributed by atoms with Crippen LogP contribution in [0, 0.1) is 13.8 Å². The summed E-state index contributed by atoms with van der Waals surface area (Å²) in [6.45, 7) is 4.74. The van der Waals surface area contributed by atoms with E-state index in [-0.39, 0.29) is 5.84 Å². The number of aryl methyl sites for hydroxylation is 2. The first-order valence-corrected chi connectivity index (χ1v) is 5.47. The fraction of sp³-hybridized carbons (Fsp3) is 0.556. The molecule has 0 aliphatic heterocycles. The lowest BCUT2D eigenvalue weighted by Crippen LogP contribution is -2.24. The van der Waals surface area contributed by atoms with Gasteiger partial charge in [0.1, 0.15) is 5.84 Å². The molecule has 1 rings (SSSR count). The highest BCUT2D eigenvalue weighted by Gasteiger charge is 2.08. The Morgan fingerprint density at radius 3 is 2.73 bits per heavy atom. The van der Waals surface area contributed by atoms with Crippen molar-refractivity contribution in [2.75, 3.05) is 18.5 Å². The minimum Gasteiger partial charge on any atom is -0.409 e. The van der Waals surface area contributed by atoms with E-state index in [2.05, 4.69) is 10.1 Å². The second-order valence-corrected chi connectivity index (χ2v) is 4.58. The number of rotatable bonds is 4. The van der Waals surface area contributed by atoms with Crippen LogP contribution < -0.4 is 10.6 Å². The van der Waals surface area contributed by atoms with Gasteiger partial charge in [0.25, 0.3) is 0 Å². The van der Waals surface area contributed by atoms with Gasteiger partial charge >= 0.3 is 0 Å². The van der Waals surface area contributed by atoms with Crippen LogP contribution in [0.1, 0.15) is 17.0 Å². The Labute approximate surface area is 93.2 Å². The van der Waals surface area contributed by atoms with E-state index >= 15 is 0 Å². The smallest absolute Gasteiger partial charge is 0.185 e. The van der Waals surface area contributed by atoms with Gasteiger partial charge in [0, 0.05) is 24.9 Å². The molecule has 0 aromatic carbocycles. The average Bonchev–Trinajstić information content (AvgIpc) is 2.55. The Kier molecular flexibility index (Phi) is 3.90. The highest BCUT2D eigenvalue weighted by molar-refractivity contribution is 7.15. The zero-order valence-electron chi connectivity index (χ0n) is 9.19. The van der Waals surface area contributed by atoms with Crippen molar-refractivity contribution >= 4 is 22.3 Å². The maximum atomic E-state index is 8.40. The van der Waals surface area contributed by atoms with Gasteiger partial charge in [-0.3, -0.25) is 0 Å². The lowest BCUT2D eigenvalue weighted by atomic mass is 10.4. The molecule has 0 aliphatic rings. The predicted octanol–water partition coefficient (Wildman–Crippen LogP) is 1.33. The van der Waals surface area contributed by atoms with Gasteiger partial charge < -0.3 is 15.8 Å². The number of nitrogens with zero attached hydrogens (tertiary/aromatic N) is 3. The molecule has 0 bridgehead atoms. The van der Waals surface area contributed by atoms with Crippen molar-refractivity contribution in [3.05, 3.63) is 10.6 Å². The summed E-state index contributed by atoms with van der Waals surface area (Å²) in [6.07, 6.45) is 0.532. The van der Waals surface area contributed by atoms with E-state index < -0.39 is 0 Å². The molecule has 6 heteroatoms. The van der Waals surface area contributed by atoms with Crippen molar-refractivity contribution in [2.24, 2.45) is 10.9 Å². The number of thiazole rings is 1. The lowest BCUT2D eigenvalue weighted by Gasteiger charge is -2.14. The van der Waals surface area contributed by atoms with Gasteiger partial charge in [-0.1, -0.05) is 5.16 Å². The third-order valence-electron chi connectivity index (χ3n) is 2.18. The van der Waals surface area contributed by atoms with E-state index in [1.807, 2.05) is 25.8 Å². The van der Waals surface area contributed by atoms with E-state index in [1.165, 1.54) is 4.88 Å².